The second-order valence-electron chi connectivity index (χ2n) is 5.67. The minimum absolute atomic E-state index is 0.280. The molecular formula is C21H13FN2O2. The summed E-state index contributed by atoms with van der Waals surface area (Å²) >= 11 is 0. The second kappa shape index (κ2) is 6.72. The van der Waals surface area contributed by atoms with E-state index >= 15 is 0 Å². The zero-order chi connectivity index (χ0) is 17.9. The van der Waals surface area contributed by atoms with E-state index in [2.05, 4.69) is 9.97 Å². The first-order chi connectivity index (χ1) is 12.7. The van der Waals surface area contributed by atoms with Crippen molar-refractivity contribution in [1.82, 2.24) is 9.97 Å². The Morgan fingerprint density at radius 1 is 0.885 bits per heavy atom. The van der Waals surface area contributed by atoms with Crippen LogP contribution < -0.4 is 4.74 Å². The molecule has 0 radical (unpaired) electrons. The summed E-state index contributed by atoms with van der Waals surface area (Å²) in [6.07, 6.45) is 1.68. The fourth-order valence-electron chi connectivity index (χ4n) is 2.57. The van der Waals surface area contributed by atoms with Crippen LogP contribution in [0.4, 0.5) is 4.39 Å². The van der Waals surface area contributed by atoms with E-state index in [-0.39, 0.29) is 5.56 Å². The number of rotatable bonds is 3. The lowest BCUT2D eigenvalue weighted by Crippen LogP contribution is -2.08. The Hall–Kier alpha value is -3.60. The number of benzene rings is 3. The number of aromatic nitrogens is 2. The van der Waals surface area contributed by atoms with Gasteiger partial charge in [-0.25, -0.2) is 14.2 Å². The Balaban J connectivity index is 1.61. The number of para-hydroxylation sites is 2. The molecule has 0 spiro atoms. The van der Waals surface area contributed by atoms with Crippen LogP contribution in [-0.2, 0) is 0 Å². The highest BCUT2D eigenvalue weighted by Gasteiger charge is 2.10. The van der Waals surface area contributed by atoms with Gasteiger partial charge in [-0.2, -0.15) is 0 Å². The molecule has 0 saturated carbocycles. The van der Waals surface area contributed by atoms with E-state index in [9.17, 15) is 9.18 Å². The number of carbonyl (C=O) groups is 1. The Labute approximate surface area is 148 Å². The van der Waals surface area contributed by atoms with Gasteiger partial charge >= 0.3 is 5.97 Å². The maximum Gasteiger partial charge on any atom is 0.343 e. The first kappa shape index (κ1) is 15.9. The predicted octanol–water partition coefficient (Wildman–Crippen LogP) is 4.66. The minimum Gasteiger partial charge on any atom is -0.423 e. The molecule has 4 nitrogen and oxygen atoms in total. The standard InChI is InChI=1S/C21H13FN2O2/c22-16-10-8-14(9-11-16)21(25)26-17-5-3-4-15(12-17)20-13-23-18-6-1-2-7-19(18)24-20/h1-13H. The molecule has 0 aliphatic carbocycles. The van der Waals surface area contributed by atoms with E-state index in [1.807, 2.05) is 30.3 Å². The molecule has 3 aromatic carbocycles. The van der Waals surface area contributed by atoms with E-state index in [0.29, 0.717) is 11.4 Å². The van der Waals surface area contributed by atoms with Crippen LogP contribution in [0.1, 0.15) is 10.4 Å². The van der Waals surface area contributed by atoms with E-state index < -0.39 is 11.8 Å². The van der Waals surface area contributed by atoms with Crippen molar-refractivity contribution in [2.24, 2.45) is 0 Å². The van der Waals surface area contributed by atoms with Gasteiger partial charge in [0.15, 0.2) is 0 Å². The van der Waals surface area contributed by atoms with Crippen LogP contribution >= 0.6 is 0 Å². The third kappa shape index (κ3) is 3.28. The normalized spacial score (nSPS) is 10.7. The number of carbonyl (C=O) groups excluding carboxylic acids is 1. The summed E-state index contributed by atoms with van der Waals surface area (Å²) < 4.78 is 18.3. The van der Waals surface area contributed by atoms with Crippen LogP contribution in [0.15, 0.2) is 79.0 Å². The molecule has 4 rings (SSSR count). The Morgan fingerprint density at radius 3 is 2.46 bits per heavy atom. The summed E-state index contributed by atoms with van der Waals surface area (Å²) in [6.45, 7) is 0. The van der Waals surface area contributed by atoms with Crippen molar-refractivity contribution >= 4 is 17.0 Å². The maximum absolute atomic E-state index is 13.0. The van der Waals surface area contributed by atoms with Crippen LogP contribution in [0.2, 0.25) is 0 Å². The zero-order valence-electron chi connectivity index (χ0n) is 13.6. The molecule has 0 aliphatic rings. The van der Waals surface area contributed by atoms with Crippen LogP contribution in [-0.4, -0.2) is 15.9 Å². The quantitative estimate of drug-likeness (QED) is 0.401. The molecule has 0 bridgehead atoms. The lowest BCUT2D eigenvalue weighted by atomic mass is 10.1. The Morgan fingerprint density at radius 2 is 1.65 bits per heavy atom. The number of halogens is 1. The van der Waals surface area contributed by atoms with Crippen LogP contribution in [0.3, 0.4) is 0 Å². The SMILES string of the molecule is O=C(Oc1cccc(-c2cnc3ccccc3n2)c1)c1ccc(F)cc1. The average Bonchev–Trinajstić information content (AvgIpc) is 2.68. The van der Waals surface area contributed by atoms with Crippen LogP contribution in [0.25, 0.3) is 22.3 Å². The number of hydrogen-bond acceptors (Lipinski definition) is 4. The molecule has 0 saturated heterocycles. The highest BCUT2D eigenvalue weighted by molar-refractivity contribution is 5.91. The Bertz CT molecular complexity index is 1090. The minimum atomic E-state index is -0.549. The molecule has 0 amide bonds. The van der Waals surface area contributed by atoms with Crippen molar-refractivity contribution in [2.75, 3.05) is 0 Å². The lowest BCUT2D eigenvalue weighted by Gasteiger charge is -2.07. The van der Waals surface area contributed by atoms with Crippen molar-refractivity contribution in [3.05, 3.63) is 90.4 Å². The molecule has 0 atom stereocenters. The van der Waals surface area contributed by atoms with E-state index in [0.717, 1.165) is 16.6 Å². The van der Waals surface area contributed by atoms with Crippen LogP contribution in [0, 0.1) is 5.82 Å². The van der Waals surface area contributed by atoms with Gasteiger partial charge in [0.05, 0.1) is 28.5 Å². The van der Waals surface area contributed by atoms with Gasteiger partial charge in [0, 0.05) is 5.56 Å². The second-order valence-corrected chi connectivity index (χ2v) is 5.67. The van der Waals surface area contributed by atoms with E-state index in [1.165, 1.54) is 24.3 Å². The smallest absolute Gasteiger partial charge is 0.343 e. The van der Waals surface area contributed by atoms with Crippen molar-refractivity contribution in [1.29, 1.82) is 0 Å². The molecule has 5 heteroatoms. The predicted molar refractivity (Wildman–Crippen MR) is 96.3 cm³/mol. The molecule has 4 aromatic rings. The first-order valence-corrected chi connectivity index (χ1v) is 7.99. The van der Waals surface area contributed by atoms with Gasteiger partial charge in [-0.15, -0.1) is 0 Å². The van der Waals surface area contributed by atoms with Gasteiger partial charge in [0.2, 0.25) is 0 Å². The molecular weight excluding hydrogens is 331 g/mol. The molecule has 26 heavy (non-hydrogen) atoms. The first-order valence-electron chi connectivity index (χ1n) is 7.99. The van der Waals surface area contributed by atoms with Gasteiger partial charge < -0.3 is 4.74 Å². The van der Waals surface area contributed by atoms with Gasteiger partial charge in [0.1, 0.15) is 11.6 Å². The maximum atomic E-state index is 13.0. The van der Waals surface area contributed by atoms with Gasteiger partial charge in [-0.3, -0.25) is 4.98 Å². The lowest BCUT2D eigenvalue weighted by molar-refractivity contribution is 0.0735. The highest BCUT2D eigenvalue weighted by Crippen LogP contribution is 2.24. The summed E-state index contributed by atoms with van der Waals surface area (Å²) in [6, 6.07) is 19.9. The average molecular weight is 344 g/mol. The molecule has 0 aliphatic heterocycles. The van der Waals surface area contributed by atoms with Crippen molar-refractivity contribution < 1.29 is 13.9 Å². The number of ether oxygens (including phenoxy) is 1. The summed E-state index contributed by atoms with van der Waals surface area (Å²) in [7, 11) is 0. The van der Waals surface area contributed by atoms with Gasteiger partial charge in [-0.05, 0) is 48.5 Å². The van der Waals surface area contributed by atoms with Crippen molar-refractivity contribution in [3.63, 3.8) is 0 Å². The summed E-state index contributed by atoms with van der Waals surface area (Å²) in [5.74, 6) is -0.572. The van der Waals surface area contributed by atoms with Crippen molar-refractivity contribution in [3.8, 4) is 17.0 Å². The summed E-state index contributed by atoms with van der Waals surface area (Å²) in [4.78, 5) is 21.2. The number of esters is 1. The monoisotopic (exact) mass is 344 g/mol. The number of fused-ring (bicyclic) bond motifs is 1. The van der Waals surface area contributed by atoms with Crippen LogP contribution in [0.5, 0.6) is 5.75 Å². The third-order valence-electron chi connectivity index (χ3n) is 3.87. The zero-order valence-corrected chi connectivity index (χ0v) is 13.6. The van der Waals surface area contributed by atoms with E-state index in [1.54, 1.807) is 24.4 Å². The topological polar surface area (TPSA) is 52.1 Å². The molecule has 126 valence electrons. The van der Waals surface area contributed by atoms with Gasteiger partial charge in [0.25, 0.3) is 0 Å². The fourth-order valence-corrected chi connectivity index (χ4v) is 2.57. The van der Waals surface area contributed by atoms with E-state index in [4.69, 9.17) is 4.74 Å². The molecule has 0 fully saturated rings. The molecule has 0 N–H and O–H groups in total. The Kier molecular flexibility index (Phi) is 4.11. The van der Waals surface area contributed by atoms with Crippen molar-refractivity contribution in [2.45, 2.75) is 0 Å². The molecule has 1 heterocycles. The third-order valence-corrected chi connectivity index (χ3v) is 3.87. The van der Waals surface area contributed by atoms with Gasteiger partial charge in [-0.1, -0.05) is 24.3 Å². The highest BCUT2D eigenvalue weighted by atomic mass is 19.1. The summed E-state index contributed by atoms with van der Waals surface area (Å²) in [5, 5.41) is 0. The number of nitrogens with zero attached hydrogens (tertiary/aromatic N) is 2. The number of hydrogen-bond donors (Lipinski definition) is 0. The largest absolute Gasteiger partial charge is 0.423 e. The molecule has 1 aromatic heterocycles. The fraction of sp³-hybridized carbons (Fsp3) is 0. The summed E-state index contributed by atoms with van der Waals surface area (Å²) in [5.41, 5.74) is 3.35. The molecule has 0 unspecified atom stereocenters.